The van der Waals surface area contributed by atoms with Crippen LogP contribution in [-0.2, 0) is 0 Å². The fraction of sp³-hybridized carbons (Fsp3) is 0.667. The predicted molar refractivity (Wildman–Crippen MR) is 69.3 cm³/mol. The predicted octanol–water partition coefficient (Wildman–Crippen LogP) is 1.54. The van der Waals surface area contributed by atoms with Crippen molar-refractivity contribution in [3.63, 3.8) is 0 Å². The summed E-state index contributed by atoms with van der Waals surface area (Å²) in [7, 11) is 0. The molecule has 0 aromatic rings. The first-order valence-electron chi connectivity index (χ1n) is 6.61. The lowest BCUT2D eigenvalue weighted by Gasteiger charge is -2.25. The topological polar surface area (TPSA) is 48.1 Å². The summed E-state index contributed by atoms with van der Waals surface area (Å²) in [5, 5.41) is 6.04. The van der Waals surface area contributed by atoms with Crippen LogP contribution < -0.4 is 21.5 Å². The Morgan fingerprint density at radius 3 is 2.40 bits per heavy atom. The molecule has 1 saturated heterocycles. The molecule has 2 fully saturated rings. The maximum atomic E-state index is 12.8. The summed E-state index contributed by atoms with van der Waals surface area (Å²) in [5.74, 6) is 1.58. The van der Waals surface area contributed by atoms with E-state index in [1.54, 1.807) is 0 Å². The van der Waals surface area contributed by atoms with Gasteiger partial charge in [-0.2, -0.15) is 13.2 Å². The highest BCUT2D eigenvalue weighted by Crippen LogP contribution is 2.35. The van der Waals surface area contributed by atoms with Crippen molar-refractivity contribution in [3.8, 4) is 0 Å². The van der Waals surface area contributed by atoms with Crippen molar-refractivity contribution in [3.05, 3.63) is 22.6 Å². The summed E-state index contributed by atoms with van der Waals surface area (Å²) >= 11 is 5.53. The number of halogens is 4. The van der Waals surface area contributed by atoms with Crippen LogP contribution >= 0.6 is 11.6 Å². The molecule has 3 aliphatic rings. The van der Waals surface area contributed by atoms with Crippen LogP contribution in [0.2, 0.25) is 0 Å². The first kappa shape index (κ1) is 13.9. The van der Waals surface area contributed by atoms with Gasteiger partial charge in [0, 0.05) is 6.04 Å². The van der Waals surface area contributed by atoms with Crippen LogP contribution in [-0.4, -0.2) is 25.3 Å². The lowest BCUT2D eigenvalue weighted by molar-refractivity contribution is -0.0893. The van der Waals surface area contributed by atoms with Gasteiger partial charge < -0.3 is 10.6 Å². The molecule has 3 atom stereocenters. The van der Waals surface area contributed by atoms with E-state index in [2.05, 4.69) is 21.5 Å². The van der Waals surface area contributed by atoms with Gasteiger partial charge in [-0.15, -0.1) is 0 Å². The SMILES string of the molecule is FC(F)(F)C1=C(Cl)NNC(NC2CC3CNC[C@H]3C2)=C1. The minimum Gasteiger partial charge on any atom is -0.368 e. The van der Waals surface area contributed by atoms with Crippen molar-refractivity contribution in [1.82, 2.24) is 21.5 Å². The molecule has 0 aromatic carbocycles. The van der Waals surface area contributed by atoms with Crippen LogP contribution in [0.1, 0.15) is 12.8 Å². The highest BCUT2D eigenvalue weighted by molar-refractivity contribution is 6.29. The number of fused-ring (bicyclic) bond motifs is 1. The Hall–Kier alpha value is -1.08. The van der Waals surface area contributed by atoms with E-state index in [1.165, 1.54) is 0 Å². The average Bonchev–Trinajstić information content (AvgIpc) is 2.90. The van der Waals surface area contributed by atoms with Crippen LogP contribution in [0.4, 0.5) is 13.2 Å². The van der Waals surface area contributed by atoms with Crippen molar-refractivity contribution < 1.29 is 13.2 Å². The molecule has 4 N–H and O–H groups in total. The molecule has 20 heavy (non-hydrogen) atoms. The number of nitrogens with one attached hydrogen (secondary N) is 4. The zero-order valence-corrected chi connectivity index (χ0v) is 11.4. The van der Waals surface area contributed by atoms with E-state index in [0.717, 1.165) is 32.0 Å². The van der Waals surface area contributed by atoms with E-state index >= 15 is 0 Å². The monoisotopic (exact) mass is 308 g/mol. The van der Waals surface area contributed by atoms with E-state index < -0.39 is 16.9 Å². The van der Waals surface area contributed by atoms with Crippen LogP contribution in [0.5, 0.6) is 0 Å². The molecule has 0 radical (unpaired) electrons. The maximum Gasteiger partial charge on any atom is 0.419 e. The van der Waals surface area contributed by atoms with Gasteiger partial charge in [-0.25, -0.2) is 0 Å². The number of hydrazine groups is 1. The third kappa shape index (κ3) is 2.69. The first-order valence-corrected chi connectivity index (χ1v) is 6.99. The summed E-state index contributed by atoms with van der Waals surface area (Å²) in [6.45, 7) is 2.01. The molecule has 0 aromatic heterocycles. The number of hydrogen-bond acceptors (Lipinski definition) is 4. The Morgan fingerprint density at radius 2 is 1.80 bits per heavy atom. The highest BCUT2D eigenvalue weighted by atomic mass is 35.5. The molecule has 1 saturated carbocycles. The van der Waals surface area contributed by atoms with Gasteiger partial charge in [-0.1, -0.05) is 11.6 Å². The standard InChI is InChI=1S/C12H16ClF3N4/c13-11-9(12(14,15)16)3-10(19-20-11)18-8-1-6-4-17-5-7(6)2-8/h3,6-8,17-20H,1-2,4-5H2/t6-,7?,8?/m1/s1. The van der Waals surface area contributed by atoms with Gasteiger partial charge in [0.25, 0.3) is 0 Å². The Morgan fingerprint density at radius 1 is 1.15 bits per heavy atom. The molecule has 2 unspecified atom stereocenters. The second kappa shape index (κ2) is 5.04. The van der Waals surface area contributed by atoms with Gasteiger partial charge in [0.05, 0.1) is 5.57 Å². The Bertz CT molecular complexity index is 448. The summed E-state index contributed by atoms with van der Waals surface area (Å²) < 4.78 is 38.3. The largest absolute Gasteiger partial charge is 0.419 e. The van der Waals surface area contributed by atoms with E-state index in [9.17, 15) is 13.2 Å². The maximum absolute atomic E-state index is 12.8. The van der Waals surface area contributed by atoms with Gasteiger partial charge in [0.1, 0.15) is 11.0 Å². The molecule has 1 aliphatic carbocycles. The fourth-order valence-electron chi connectivity index (χ4n) is 3.22. The van der Waals surface area contributed by atoms with Gasteiger partial charge >= 0.3 is 6.18 Å². The third-order valence-corrected chi connectivity index (χ3v) is 4.45. The Labute approximate surface area is 119 Å². The van der Waals surface area contributed by atoms with Crippen LogP contribution in [0, 0.1) is 11.8 Å². The summed E-state index contributed by atoms with van der Waals surface area (Å²) in [4.78, 5) is 0. The van der Waals surface area contributed by atoms with E-state index in [1.807, 2.05) is 0 Å². The van der Waals surface area contributed by atoms with Gasteiger partial charge in [0.2, 0.25) is 0 Å². The summed E-state index contributed by atoms with van der Waals surface area (Å²) in [5.41, 5.74) is 4.14. The number of alkyl halides is 3. The lowest BCUT2D eigenvalue weighted by atomic mass is 10.0. The third-order valence-electron chi connectivity index (χ3n) is 4.15. The van der Waals surface area contributed by atoms with Crippen LogP contribution in [0.15, 0.2) is 22.6 Å². The van der Waals surface area contributed by atoms with Crippen LogP contribution in [0.25, 0.3) is 0 Å². The molecular formula is C12H16ClF3N4. The molecule has 3 rings (SSSR count). The molecule has 112 valence electrons. The van der Waals surface area contributed by atoms with Gasteiger partial charge in [-0.3, -0.25) is 10.9 Å². The van der Waals surface area contributed by atoms with E-state index in [-0.39, 0.29) is 6.04 Å². The summed E-state index contributed by atoms with van der Waals surface area (Å²) in [6, 6.07) is 0.207. The average molecular weight is 309 g/mol. The van der Waals surface area contributed by atoms with Crippen LogP contribution in [0.3, 0.4) is 0 Å². The molecular weight excluding hydrogens is 293 g/mol. The Kier molecular flexibility index (Phi) is 3.50. The van der Waals surface area contributed by atoms with Crippen molar-refractivity contribution in [2.24, 2.45) is 11.8 Å². The molecule has 0 spiro atoms. The van der Waals surface area contributed by atoms with Gasteiger partial charge in [0.15, 0.2) is 0 Å². The number of allylic oxidation sites excluding steroid dienone is 2. The minimum atomic E-state index is -4.46. The molecule has 4 nitrogen and oxygen atoms in total. The smallest absolute Gasteiger partial charge is 0.368 e. The zero-order valence-electron chi connectivity index (χ0n) is 10.6. The highest BCUT2D eigenvalue weighted by Gasteiger charge is 2.39. The summed E-state index contributed by atoms with van der Waals surface area (Å²) in [6.07, 6.45) is -1.48. The fourth-order valence-corrected chi connectivity index (χ4v) is 3.43. The Balaban J connectivity index is 1.66. The van der Waals surface area contributed by atoms with Crippen molar-refractivity contribution in [2.45, 2.75) is 25.1 Å². The van der Waals surface area contributed by atoms with Gasteiger partial charge in [-0.05, 0) is 43.8 Å². The lowest BCUT2D eigenvalue weighted by Crippen LogP contribution is -2.43. The molecule has 0 amide bonds. The zero-order chi connectivity index (χ0) is 14.3. The first-order chi connectivity index (χ1) is 9.43. The molecule has 8 heteroatoms. The van der Waals surface area contributed by atoms with E-state index in [4.69, 9.17) is 11.6 Å². The number of hydrogen-bond donors (Lipinski definition) is 4. The normalized spacial score (nSPS) is 33.4. The minimum absolute atomic E-state index is 0.207. The van der Waals surface area contributed by atoms with E-state index in [0.29, 0.717) is 17.7 Å². The van der Waals surface area contributed by atoms with Crippen molar-refractivity contribution in [2.75, 3.05) is 13.1 Å². The molecule has 2 heterocycles. The second-order valence-electron chi connectivity index (χ2n) is 5.52. The van der Waals surface area contributed by atoms with Crippen molar-refractivity contribution >= 4 is 11.6 Å². The molecule has 0 bridgehead atoms. The second-order valence-corrected chi connectivity index (χ2v) is 5.90. The molecule has 2 aliphatic heterocycles. The quantitative estimate of drug-likeness (QED) is 0.585. The number of rotatable bonds is 2. The van der Waals surface area contributed by atoms with Crippen molar-refractivity contribution in [1.29, 1.82) is 0 Å².